The molecular weight excluding hydrogens is 64.0 g/mol. The van der Waals surface area contributed by atoms with Crippen molar-refractivity contribution >= 4 is 0 Å². The molecule has 0 unspecified atom stereocenters. The van der Waals surface area contributed by atoms with Gasteiger partial charge in [-0.2, -0.15) is 5.26 Å². The second-order valence-electron chi connectivity index (χ2n) is 0.381. The molecule has 2 N–H and O–H groups in total. The predicted octanol–water partition coefficient (Wildman–Crippen LogP) is -0.141. The van der Waals surface area contributed by atoms with Crippen molar-refractivity contribution < 1.29 is 5.48 Å². The minimum absolute atomic E-state index is 1.11. The van der Waals surface area contributed by atoms with Crippen LogP contribution >= 0.6 is 0 Å². The normalized spacial score (nSPS) is 24.0. The van der Waals surface area contributed by atoms with Crippen molar-refractivity contribution in [2.24, 2.45) is 5.73 Å². The van der Waals surface area contributed by atoms with Gasteiger partial charge in [0.1, 0.15) is 0 Å². The van der Waals surface area contributed by atoms with Gasteiger partial charge in [0.05, 0.1) is 6.07 Å². The molecular formula is C3H6N2. The number of hydrogen-bond donors (Lipinski definition) is 1. The minimum Gasteiger partial charge on any atom is -0.329 e. The first-order valence-electron chi connectivity index (χ1n) is 3.01. The predicted molar refractivity (Wildman–Crippen MR) is 19.3 cm³/mol. The van der Waals surface area contributed by atoms with Gasteiger partial charge in [-0.15, -0.1) is 0 Å². The Morgan fingerprint density at radius 2 is 2.80 bits per heavy atom. The molecule has 5 heavy (non-hydrogen) atoms. The molecule has 0 aliphatic rings. The van der Waals surface area contributed by atoms with Crippen molar-refractivity contribution in [1.29, 1.82) is 5.26 Å². The van der Waals surface area contributed by atoms with Gasteiger partial charge in [-0.3, -0.25) is 0 Å². The highest BCUT2D eigenvalue weighted by molar-refractivity contribution is 4.67. The number of nitriles is 1. The van der Waals surface area contributed by atoms with E-state index in [0.717, 1.165) is 6.07 Å². The van der Waals surface area contributed by atoms with Crippen LogP contribution in [-0.4, -0.2) is 6.50 Å². The smallest absolute Gasteiger partial charge is 0.0635 e. The fraction of sp³-hybridized carbons (Fsp3) is 0.667. The molecule has 0 spiro atoms. The molecule has 0 aromatic heterocycles. The molecule has 0 fully saturated rings. The molecule has 0 aromatic rings. The van der Waals surface area contributed by atoms with Gasteiger partial charge in [0.2, 0.25) is 0 Å². The van der Waals surface area contributed by atoms with Crippen molar-refractivity contribution in [1.82, 2.24) is 0 Å². The van der Waals surface area contributed by atoms with E-state index >= 15 is 0 Å². The summed E-state index contributed by atoms with van der Waals surface area (Å²) in [6, 6.07) is 1.11. The summed E-state index contributed by atoms with van der Waals surface area (Å²) < 4.78 is 26.4. The molecule has 0 saturated heterocycles. The maximum absolute atomic E-state index is 7.98. The van der Waals surface area contributed by atoms with Crippen molar-refractivity contribution in [2.75, 3.05) is 6.50 Å². The quantitative estimate of drug-likeness (QED) is 0.470. The summed E-state index contributed by atoms with van der Waals surface area (Å²) in [6.07, 6.45) is -2.60. The van der Waals surface area contributed by atoms with Crippen LogP contribution in [0.2, 0.25) is 0 Å². The maximum atomic E-state index is 7.98. The summed E-state index contributed by atoms with van der Waals surface area (Å²) in [4.78, 5) is 0. The lowest BCUT2D eigenvalue weighted by Crippen LogP contribution is -1.94. The van der Waals surface area contributed by atoms with E-state index in [1.165, 1.54) is 0 Å². The molecule has 0 amide bonds. The van der Waals surface area contributed by atoms with E-state index in [-0.39, 0.29) is 0 Å². The fourth-order valence-electron chi connectivity index (χ4n) is 0.0323. The van der Waals surface area contributed by atoms with E-state index in [9.17, 15) is 0 Å². The molecule has 0 aromatic carbocycles. The Kier molecular flexibility index (Phi) is 0.658. The third kappa shape index (κ3) is 3.45. The van der Waals surface area contributed by atoms with Crippen LogP contribution < -0.4 is 5.73 Å². The monoisotopic (exact) mass is 74.1 g/mol. The SMILES string of the molecule is [2H]C([2H])(N)C([2H])([2H])C#N. The van der Waals surface area contributed by atoms with E-state index in [4.69, 9.17) is 10.7 Å². The summed E-state index contributed by atoms with van der Waals surface area (Å²) in [5.41, 5.74) is 4.66. The average Bonchev–Trinajstić information content (AvgIpc) is 1.64. The van der Waals surface area contributed by atoms with Crippen molar-refractivity contribution in [2.45, 2.75) is 6.37 Å². The first-order valence-corrected chi connectivity index (χ1v) is 1.01. The van der Waals surface area contributed by atoms with Crippen molar-refractivity contribution in [3.8, 4) is 6.07 Å². The minimum atomic E-state index is -2.60. The number of hydrogen-bond acceptors (Lipinski definition) is 2. The Morgan fingerprint density at radius 3 is 2.80 bits per heavy atom. The molecule has 0 bridgehead atoms. The van der Waals surface area contributed by atoms with E-state index < -0.39 is 12.9 Å². The fourth-order valence-corrected chi connectivity index (χ4v) is 0.0323. The number of rotatable bonds is 1. The molecule has 2 heteroatoms. The summed E-state index contributed by atoms with van der Waals surface area (Å²) in [5, 5.41) is 7.98. The second-order valence-corrected chi connectivity index (χ2v) is 0.381. The number of nitrogens with zero attached hydrogens (tertiary/aromatic N) is 1. The molecule has 0 aliphatic heterocycles. The van der Waals surface area contributed by atoms with Crippen molar-refractivity contribution in [3.05, 3.63) is 0 Å². The lowest BCUT2D eigenvalue weighted by atomic mass is 10.5. The second kappa shape index (κ2) is 3.45. The van der Waals surface area contributed by atoms with Crippen LogP contribution in [-0.2, 0) is 0 Å². The largest absolute Gasteiger partial charge is 0.329 e. The van der Waals surface area contributed by atoms with Crippen LogP contribution in [0.25, 0.3) is 0 Å². The zero-order valence-electron chi connectivity index (χ0n) is 6.52. The van der Waals surface area contributed by atoms with Gasteiger partial charge in [0, 0.05) is 18.4 Å². The topological polar surface area (TPSA) is 49.8 Å². The molecule has 0 aliphatic carbocycles. The van der Waals surface area contributed by atoms with Crippen LogP contribution in [0.1, 0.15) is 11.9 Å². The Bertz CT molecular complexity index is 141. The Hall–Kier alpha value is -0.550. The van der Waals surface area contributed by atoms with Crippen LogP contribution in [0.3, 0.4) is 0 Å². The lowest BCUT2D eigenvalue weighted by Gasteiger charge is -1.68. The molecule has 28 valence electrons. The standard InChI is InChI=1S/C3H6N2/c4-2-1-3-5/h1-2,4H2/i1D2,2D2. The average molecular weight is 74.1 g/mol. The van der Waals surface area contributed by atoms with Crippen LogP contribution in [0.4, 0.5) is 0 Å². The van der Waals surface area contributed by atoms with Crippen LogP contribution in [0.15, 0.2) is 0 Å². The molecule has 2 nitrogen and oxygen atoms in total. The highest BCUT2D eigenvalue weighted by Crippen LogP contribution is 1.59. The molecule has 0 radical (unpaired) electrons. The molecule has 0 atom stereocenters. The van der Waals surface area contributed by atoms with Gasteiger partial charge in [-0.1, -0.05) is 0 Å². The summed E-state index contributed by atoms with van der Waals surface area (Å²) in [6.45, 7) is -2.58. The van der Waals surface area contributed by atoms with E-state index in [0.29, 0.717) is 0 Å². The summed E-state index contributed by atoms with van der Waals surface area (Å²) in [5.74, 6) is 0. The van der Waals surface area contributed by atoms with Gasteiger partial charge in [0.25, 0.3) is 0 Å². The van der Waals surface area contributed by atoms with E-state index in [1.807, 2.05) is 0 Å². The van der Waals surface area contributed by atoms with Crippen LogP contribution in [0.5, 0.6) is 0 Å². The van der Waals surface area contributed by atoms with Gasteiger partial charge in [0.15, 0.2) is 0 Å². The van der Waals surface area contributed by atoms with Gasteiger partial charge in [-0.25, -0.2) is 0 Å². The first-order chi connectivity index (χ1) is 3.81. The number of nitrogens with two attached hydrogens (primary N) is 1. The molecule has 0 heterocycles. The Balaban J connectivity index is 4.39. The van der Waals surface area contributed by atoms with Crippen molar-refractivity contribution in [3.63, 3.8) is 0 Å². The third-order valence-electron chi connectivity index (χ3n) is 0.128. The lowest BCUT2D eigenvalue weighted by molar-refractivity contribution is 1.02. The van der Waals surface area contributed by atoms with Gasteiger partial charge >= 0.3 is 0 Å². The van der Waals surface area contributed by atoms with Gasteiger partial charge in [-0.05, 0) is 0 Å². The first kappa shape index (κ1) is 0.954. The molecule has 0 rings (SSSR count). The van der Waals surface area contributed by atoms with Crippen LogP contribution in [0, 0.1) is 11.3 Å². The summed E-state index contributed by atoms with van der Waals surface area (Å²) >= 11 is 0. The zero-order valence-corrected chi connectivity index (χ0v) is 2.52. The van der Waals surface area contributed by atoms with Gasteiger partial charge < -0.3 is 5.73 Å². The molecule has 0 saturated carbocycles. The summed E-state index contributed by atoms with van der Waals surface area (Å²) in [7, 11) is 0. The highest BCUT2D eigenvalue weighted by atomic mass is 14.5. The Labute approximate surface area is 36.8 Å². The van der Waals surface area contributed by atoms with E-state index in [2.05, 4.69) is 5.73 Å². The van der Waals surface area contributed by atoms with E-state index in [1.54, 1.807) is 0 Å². The maximum Gasteiger partial charge on any atom is 0.0635 e. The zero-order chi connectivity index (χ0) is 7.71. The Morgan fingerprint density at radius 1 is 2.20 bits per heavy atom. The highest BCUT2D eigenvalue weighted by Gasteiger charge is 1.65. The third-order valence-corrected chi connectivity index (χ3v) is 0.128.